The second-order valence-electron chi connectivity index (χ2n) is 8.82. The zero-order chi connectivity index (χ0) is 23.3. The summed E-state index contributed by atoms with van der Waals surface area (Å²) in [7, 11) is 4.88. The molecule has 2 fully saturated rings. The Hall–Kier alpha value is -2.42. The van der Waals surface area contributed by atoms with Gasteiger partial charge in [-0.25, -0.2) is 4.79 Å². The maximum absolute atomic E-state index is 13.0. The molecule has 0 bridgehead atoms. The summed E-state index contributed by atoms with van der Waals surface area (Å²) >= 11 is 0. The van der Waals surface area contributed by atoms with E-state index in [0.29, 0.717) is 12.1 Å². The third-order valence-electron chi connectivity index (χ3n) is 6.03. The molecule has 2 heterocycles. The van der Waals surface area contributed by atoms with Gasteiger partial charge in [-0.2, -0.15) is 0 Å². The number of piperidine rings is 1. The van der Waals surface area contributed by atoms with Crippen molar-refractivity contribution in [3.63, 3.8) is 0 Å². The molecule has 2 aliphatic rings. The Balaban J connectivity index is 1.94. The molecule has 0 spiro atoms. The van der Waals surface area contributed by atoms with Crippen LogP contribution in [0.3, 0.4) is 0 Å². The van der Waals surface area contributed by atoms with E-state index in [0.717, 1.165) is 25.8 Å². The molecule has 0 aromatic heterocycles. The zero-order valence-electron chi connectivity index (χ0n) is 19.5. The van der Waals surface area contributed by atoms with Crippen molar-refractivity contribution in [3.05, 3.63) is 11.6 Å². The highest BCUT2D eigenvalue weighted by atomic mass is 16.5. The molecule has 0 saturated carbocycles. The number of rotatable bonds is 8. The average molecular weight is 437 g/mol. The van der Waals surface area contributed by atoms with Crippen molar-refractivity contribution < 1.29 is 23.9 Å². The monoisotopic (exact) mass is 436 g/mol. The number of likely N-dealkylation sites (N-methyl/N-ethyl adjacent to an activating group) is 2. The van der Waals surface area contributed by atoms with E-state index in [2.05, 4.69) is 10.1 Å². The molecular weight excluding hydrogens is 400 g/mol. The number of nitrogens with zero attached hydrogens (tertiary/aromatic N) is 3. The molecule has 9 nitrogen and oxygen atoms in total. The van der Waals surface area contributed by atoms with Crippen molar-refractivity contribution in [2.75, 3.05) is 40.8 Å². The van der Waals surface area contributed by atoms with Crippen LogP contribution >= 0.6 is 0 Å². The molecule has 2 aliphatic heterocycles. The molecule has 3 unspecified atom stereocenters. The quantitative estimate of drug-likeness (QED) is 0.336. The van der Waals surface area contributed by atoms with E-state index in [1.807, 2.05) is 25.8 Å². The number of esters is 1. The van der Waals surface area contributed by atoms with Crippen molar-refractivity contribution in [2.24, 2.45) is 5.92 Å². The minimum Gasteiger partial charge on any atom is -0.467 e. The highest BCUT2D eigenvalue weighted by Crippen LogP contribution is 2.21. The molecular formula is C22H36N4O5. The third kappa shape index (κ3) is 6.29. The topological polar surface area (TPSA) is 99.0 Å². The minimum absolute atomic E-state index is 0.0714. The molecule has 2 rings (SSSR count). The van der Waals surface area contributed by atoms with E-state index in [-0.39, 0.29) is 36.2 Å². The van der Waals surface area contributed by atoms with Crippen molar-refractivity contribution in [3.8, 4) is 0 Å². The van der Waals surface area contributed by atoms with Crippen LogP contribution in [-0.2, 0) is 23.9 Å². The van der Waals surface area contributed by atoms with Crippen molar-refractivity contribution in [2.45, 2.75) is 58.2 Å². The number of hydrogen-bond donors (Lipinski definition) is 1. The molecule has 0 aromatic rings. The van der Waals surface area contributed by atoms with E-state index in [4.69, 9.17) is 0 Å². The zero-order valence-corrected chi connectivity index (χ0v) is 19.5. The third-order valence-corrected chi connectivity index (χ3v) is 6.03. The van der Waals surface area contributed by atoms with Crippen LogP contribution in [0.4, 0.5) is 0 Å². The van der Waals surface area contributed by atoms with Gasteiger partial charge in [0.1, 0.15) is 12.1 Å². The van der Waals surface area contributed by atoms with Crippen LogP contribution in [0.15, 0.2) is 11.6 Å². The highest BCUT2D eigenvalue weighted by Gasteiger charge is 2.45. The number of hydrogen-bond acceptors (Lipinski definition) is 6. The minimum atomic E-state index is -0.631. The van der Waals surface area contributed by atoms with E-state index in [9.17, 15) is 19.2 Å². The summed E-state index contributed by atoms with van der Waals surface area (Å²) in [4.78, 5) is 54.7. The molecule has 2 saturated heterocycles. The lowest BCUT2D eigenvalue weighted by molar-refractivity contribution is -0.142. The van der Waals surface area contributed by atoms with Crippen LogP contribution < -0.4 is 5.32 Å². The van der Waals surface area contributed by atoms with E-state index in [1.165, 1.54) is 16.9 Å². The molecule has 9 heteroatoms. The van der Waals surface area contributed by atoms with Gasteiger partial charge in [0.2, 0.25) is 17.7 Å². The molecule has 174 valence electrons. The lowest BCUT2D eigenvalue weighted by Crippen LogP contribution is -2.56. The molecule has 0 aliphatic carbocycles. The Morgan fingerprint density at radius 2 is 1.87 bits per heavy atom. The predicted octanol–water partition coefficient (Wildman–Crippen LogP) is 0.400. The van der Waals surface area contributed by atoms with E-state index in [1.54, 1.807) is 20.0 Å². The standard InChI is InChI=1S/C22H36N4O5/c1-14(2)18(23-19(27)16-9-7-8-11-24(16)4)21(29)25(5)12-10-15(3)20(28)26-13-17(26)22(30)31-6/h10,14,16-18H,7-9,11-13H2,1-6H3,(H,23,27)/b15-10+. The summed E-state index contributed by atoms with van der Waals surface area (Å²) in [6.07, 6.45) is 4.55. The number of nitrogens with one attached hydrogen (secondary N) is 1. The number of amides is 3. The van der Waals surface area contributed by atoms with Crippen LogP contribution in [-0.4, -0.2) is 97.4 Å². The highest BCUT2D eigenvalue weighted by molar-refractivity contribution is 5.99. The van der Waals surface area contributed by atoms with Gasteiger partial charge in [-0.3, -0.25) is 19.3 Å². The van der Waals surface area contributed by atoms with Gasteiger partial charge >= 0.3 is 5.97 Å². The number of ether oxygens (including phenoxy) is 1. The fourth-order valence-corrected chi connectivity index (χ4v) is 3.79. The van der Waals surface area contributed by atoms with Crippen molar-refractivity contribution >= 4 is 23.7 Å². The maximum atomic E-state index is 13.0. The van der Waals surface area contributed by atoms with Crippen LogP contribution in [0.2, 0.25) is 0 Å². The van der Waals surface area contributed by atoms with Crippen LogP contribution in [0.1, 0.15) is 40.0 Å². The van der Waals surface area contributed by atoms with E-state index < -0.39 is 18.1 Å². The number of carbonyl (C=O) groups is 4. The summed E-state index contributed by atoms with van der Waals surface area (Å²) < 4.78 is 4.65. The largest absolute Gasteiger partial charge is 0.467 e. The van der Waals surface area contributed by atoms with Crippen LogP contribution in [0, 0.1) is 5.92 Å². The Morgan fingerprint density at radius 1 is 1.19 bits per heavy atom. The number of methoxy groups -OCH3 is 1. The second kappa shape index (κ2) is 10.7. The van der Waals surface area contributed by atoms with Gasteiger partial charge in [0, 0.05) is 19.2 Å². The fourth-order valence-electron chi connectivity index (χ4n) is 3.79. The first-order chi connectivity index (χ1) is 14.6. The van der Waals surface area contributed by atoms with Crippen molar-refractivity contribution in [1.82, 2.24) is 20.0 Å². The SMILES string of the molecule is COC(=O)C1CN1C(=O)/C(C)=C/CN(C)C(=O)C(NC(=O)C1CCCCN1C)C(C)C. The Labute approximate surface area is 184 Å². The molecule has 3 atom stereocenters. The van der Waals surface area contributed by atoms with Gasteiger partial charge < -0.3 is 19.9 Å². The van der Waals surface area contributed by atoms with Gasteiger partial charge in [0.25, 0.3) is 0 Å². The first-order valence-electron chi connectivity index (χ1n) is 10.9. The normalized spacial score (nSPS) is 22.7. The predicted molar refractivity (Wildman–Crippen MR) is 116 cm³/mol. The molecule has 0 aromatic carbocycles. The summed E-state index contributed by atoms with van der Waals surface area (Å²) in [5.74, 6) is -1.05. The first kappa shape index (κ1) is 24.8. The average Bonchev–Trinajstić information content (AvgIpc) is 3.54. The van der Waals surface area contributed by atoms with Gasteiger partial charge in [0.15, 0.2) is 0 Å². The molecule has 3 amide bonds. The van der Waals surface area contributed by atoms with Gasteiger partial charge in [-0.15, -0.1) is 0 Å². The van der Waals surface area contributed by atoms with Gasteiger partial charge in [-0.05, 0) is 39.3 Å². The molecule has 0 radical (unpaired) electrons. The maximum Gasteiger partial charge on any atom is 0.330 e. The summed E-state index contributed by atoms with van der Waals surface area (Å²) in [5.41, 5.74) is 0.458. The lowest BCUT2D eigenvalue weighted by atomic mass is 9.99. The lowest BCUT2D eigenvalue weighted by Gasteiger charge is -2.34. The second-order valence-corrected chi connectivity index (χ2v) is 8.82. The first-order valence-corrected chi connectivity index (χ1v) is 10.9. The smallest absolute Gasteiger partial charge is 0.330 e. The number of carbonyl (C=O) groups excluding carboxylic acids is 4. The van der Waals surface area contributed by atoms with Gasteiger partial charge in [0.05, 0.1) is 19.7 Å². The van der Waals surface area contributed by atoms with E-state index >= 15 is 0 Å². The van der Waals surface area contributed by atoms with Gasteiger partial charge in [-0.1, -0.05) is 26.3 Å². The summed E-state index contributed by atoms with van der Waals surface area (Å²) in [6.45, 7) is 6.93. The van der Waals surface area contributed by atoms with Crippen molar-refractivity contribution in [1.29, 1.82) is 0 Å². The van der Waals surface area contributed by atoms with Crippen LogP contribution in [0.25, 0.3) is 0 Å². The Bertz CT molecular complexity index is 735. The summed E-state index contributed by atoms with van der Waals surface area (Å²) in [5, 5.41) is 2.94. The van der Waals surface area contributed by atoms with Crippen LogP contribution in [0.5, 0.6) is 0 Å². The number of likely N-dealkylation sites (tertiary alicyclic amines) is 1. The Morgan fingerprint density at radius 3 is 2.45 bits per heavy atom. The molecule has 1 N–H and O–H groups in total. The Kier molecular flexibility index (Phi) is 8.61. The molecule has 31 heavy (non-hydrogen) atoms. The fraction of sp³-hybridized carbons (Fsp3) is 0.727. The summed E-state index contributed by atoms with van der Waals surface area (Å²) in [6, 6.07) is -1.35.